The smallest absolute Gasteiger partial charge is 0.123 e. The molecule has 2 N–H and O–H groups in total. The predicted molar refractivity (Wildman–Crippen MR) is 71.8 cm³/mol. The first kappa shape index (κ1) is 12.3. The fraction of sp³-hybridized carbons (Fsp3) is 0.0769. The molecular formula is C13H11ClFNS. The van der Waals surface area contributed by atoms with E-state index in [1.165, 1.54) is 12.1 Å². The first-order valence-electron chi connectivity index (χ1n) is 5.07. The third kappa shape index (κ3) is 3.38. The van der Waals surface area contributed by atoms with E-state index in [-0.39, 0.29) is 5.82 Å². The van der Waals surface area contributed by atoms with Crippen molar-refractivity contribution in [2.24, 2.45) is 0 Å². The average Bonchev–Trinajstić information content (AvgIpc) is 2.32. The summed E-state index contributed by atoms with van der Waals surface area (Å²) in [5, 5.41) is 0.708. The van der Waals surface area contributed by atoms with Crippen LogP contribution in [0.3, 0.4) is 0 Å². The van der Waals surface area contributed by atoms with Gasteiger partial charge in [0.1, 0.15) is 5.82 Å². The van der Waals surface area contributed by atoms with Crippen molar-refractivity contribution in [3.05, 3.63) is 58.9 Å². The highest BCUT2D eigenvalue weighted by Gasteiger charge is 2.02. The van der Waals surface area contributed by atoms with Crippen LogP contribution in [0.2, 0.25) is 5.02 Å². The normalized spacial score (nSPS) is 10.5. The van der Waals surface area contributed by atoms with Gasteiger partial charge in [0, 0.05) is 21.4 Å². The molecular weight excluding hydrogens is 257 g/mol. The molecule has 0 radical (unpaired) electrons. The van der Waals surface area contributed by atoms with Crippen LogP contribution in [0.1, 0.15) is 5.56 Å². The van der Waals surface area contributed by atoms with Crippen LogP contribution in [-0.4, -0.2) is 0 Å². The predicted octanol–water partition coefficient (Wildman–Crippen LogP) is 4.35. The van der Waals surface area contributed by atoms with Crippen LogP contribution in [0, 0.1) is 5.82 Å². The van der Waals surface area contributed by atoms with E-state index < -0.39 is 0 Å². The molecule has 2 aromatic carbocycles. The molecule has 2 rings (SSSR count). The molecule has 0 aromatic heterocycles. The number of nitrogens with two attached hydrogens (primary N) is 1. The van der Waals surface area contributed by atoms with Crippen LogP contribution in [0.25, 0.3) is 0 Å². The van der Waals surface area contributed by atoms with Crippen molar-refractivity contribution in [1.82, 2.24) is 0 Å². The zero-order valence-electron chi connectivity index (χ0n) is 8.99. The maximum atomic E-state index is 13.0. The third-order valence-corrected chi connectivity index (χ3v) is 3.63. The third-order valence-electron chi connectivity index (χ3n) is 2.31. The number of hydrogen-bond donors (Lipinski definition) is 1. The Bertz CT molecular complexity index is 513. The Morgan fingerprint density at radius 2 is 1.82 bits per heavy atom. The Kier molecular flexibility index (Phi) is 3.92. The van der Waals surface area contributed by atoms with E-state index in [9.17, 15) is 4.39 Å². The van der Waals surface area contributed by atoms with Gasteiger partial charge in [-0.15, -0.1) is 11.8 Å². The number of anilines is 1. The Balaban J connectivity index is 2.07. The second-order valence-corrected chi connectivity index (χ2v) is 5.07. The second-order valence-electron chi connectivity index (χ2n) is 3.59. The Labute approximate surface area is 109 Å². The number of hydrogen-bond acceptors (Lipinski definition) is 2. The molecule has 0 aliphatic rings. The maximum absolute atomic E-state index is 13.0. The van der Waals surface area contributed by atoms with Gasteiger partial charge in [-0.05, 0) is 48.0 Å². The fourth-order valence-electron chi connectivity index (χ4n) is 1.39. The van der Waals surface area contributed by atoms with Crippen molar-refractivity contribution in [1.29, 1.82) is 0 Å². The van der Waals surface area contributed by atoms with Crippen LogP contribution >= 0.6 is 23.4 Å². The van der Waals surface area contributed by atoms with Crippen molar-refractivity contribution < 1.29 is 4.39 Å². The topological polar surface area (TPSA) is 26.0 Å². The van der Waals surface area contributed by atoms with E-state index in [0.717, 1.165) is 10.5 Å². The van der Waals surface area contributed by atoms with Gasteiger partial charge >= 0.3 is 0 Å². The lowest BCUT2D eigenvalue weighted by atomic mass is 10.2. The molecule has 17 heavy (non-hydrogen) atoms. The highest BCUT2D eigenvalue weighted by atomic mass is 35.5. The molecule has 0 aliphatic heterocycles. The summed E-state index contributed by atoms with van der Waals surface area (Å²) in [4.78, 5) is 1.08. The van der Waals surface area contributed by atoms with E-state index in [1.807, 2.05) is 24.3 Å². The average molecular weight is 268 g/mol. The van der Waals surface area contributed by atoms with Gasteiger partial charge < -0.3 is 5.73 Å². The molecule has 0 atom stereocenters. The molecule has 0 spiro atoms. The SMILES string of the molecule is Nc1ccc(F)cc1CSc1ccc(Cl)cc1. The Morgan fingerprint density at radius 3 is 2.53 bits per heavy atom. The molecule has 88 valence electrons. The molecule has 2 aromatic rings. The van der Waals surface area contributed by atoms with E-state index in [1.54, 1.807) is 17.8 Å². The number of benzene rings is 2. The quantitative estimate of drug-likeness (QED) is 0.661. The lowest BCUT2D eigenvalue weighted by Crippen LogP contribution is -1.93. The molecule has 4 heteroatoms. The molecule has 0 amide bonds. The summed E-state index contributed by atoms with van der Waals surface area (Å²) in [5.41, 5.74) is 7.21. The number of rotatable bonds is 3. The lowest BCUT2D eigenvalue weighted by Gasteiger charge is -2.05. The van der Waals surface area contributed by atoms with E-state index in [4.69, 9.17) is 17.3 Å². The highest BCUT2D eigenvalue weighted by molar-refractivity contribution is 7.98. The van der Waals surface area contributed by atoms with E-state index in [0.29, 0.717) is 16.5 Å². The molecule has 0 fully saturated rings. The Hall–Kier alpha value is -1.19. The summed E-state index contributed by atoms with van der Waals surface area (Å²) in [7, 11) is 0. The first-order valence-corrected chi connectivity index (χ1v) is 6.44. The lowest BCUT2D eigenvalue weighted by molar-refractivity contribution is 0.627. The van der Waals surface area contributed by atoms with Crippen LogP contribution in [0.5, 0.6) is 0 Å². The molecule has 0 heterocycles. The van der Waals surface area contributed by atoms with Gasteiger partial charge in [-0.2, -0.15) is 0 Å². The minimum atomic E-state index is -0.258. The van der Waals surface area contributed by atoms with Crippen LogP contribution in [0.15, 0.2) is 47.4 Å². The molecule has 0 bridgehead atoms. The summed E-state index contributed by atoms with van der Waals surface area (Å²) in [6.45, 7) is 0. The minimum Gasteiger partial charge on any atom is -0.398 e. The second kappa shape index (κ2) is 5.43. The molecule has 1 nitrogen and oxygen atoms in total. The Morgan fingerprint density at radius 1 is 1.12 bits per heavy atom. The van der Waals surface area contributed by atoms with Crippen LogP contribution in [0.4, 0.5) is 10.1 Å². The van der Waals surface area contributed by atoms with Gasteiger partial charge in [0.05, 0.1) is 0 Å². The van der Waals surface area contributed by atoms with Gasteiger partial charge in [-0.25, -0.2) is 4.39 Å². The zero-order valence-corrected chi connectivity index (χ0v) is 10.6. The maximum Gasteiger partial charge on any atom is 0.123 e. The van der Waals surface area contributed by atoms with Crippen molar-refractivity contribution in [2.75, 3.05) is 5.73 Å². The van der Waals surface area contributed by atoms with Crippen molar-refractivity contribution in [3.63, 3.8) is 0 Å². The molecule has 0 saturated heterocycles. The molecule has 0 saturated carbocycles. The summed E-state index contributed by atoms with van der Waals surface area (Å²) in [5.74, 6) is 0.386. The highest BCUT2D eigenvalue weighted by Crippen LogP contribution is 2.26. The van der Waals surface area contributed by atoms with Crippen LogP contribution in [-0.2, 0) is 5.75 Å². The number of thioether (sulfide) groups is 1. The van der Waals surface area contributed by atoms with Crippen molar-refractivity contribution >= 4 is 29.1 Å². The number of nitrogen functional groups attached to an aromatic ring is 1. The largest absolute Gasteiger partial charge is 0.398 e. The van der Waals surface area contributed by atoms with Gasteiger partial charge in [-0.3, -0.25) is 0 Å². The van der Waals surface area contributed by atoms with Gasteiger partial charge in [0.25, 0.3) is 0 Å². The standard InChI is InChI=1S/C13H11ClFNS/c14-10-1-4-12(5-2-10)17-8-9-7-11(15)3-6-13(9)16/h1-7H,8,16H2. The summed E-state index contributed by atoms with van der Waals surface area (Å²) >= 11 is 7.40. The van der Waals surface area contributed by atoms with E-state index >= 15 is 0 Å². The molecule has 0 aliphatic carbocycles. The summed E-state index contributed by atoms with van der Waals surface area (Å²) < 4.78 is 13.0. The van der Waals surface area contributed by atoms with Crippen LogP contribution < -0.4 is 5.73 Å². The number of halogens is 2. The first-order chi connectivity index (χ1) is 8.15. The van der Waals surface area contributed by atoms with Gasteiger partial charge in [0.2, 0.25) is 0 Å². The summed E-state index contributed by atoms with van der Waals surface area (Å²) in [6.07, 6.45) is 0. The van der Waals surface area contributed by atoms with Crippen molar-refractivity contribution in [3.8, 4) is 0 Å². The monoisotopic (exact) mass is 267 g/mol. The van der Waals surface area contributed by atoms with Crippen molar-refractivity contribution in [2.45, 2.75) is 10.6 Å². The van der Waals surface area contributed by atoms with Gasteiger partial charge in [0.15, 0.2) is 0 Å². The zero-order chi connectivity index (χ0) is 12.3. The van der Waals surface area contributed by atoms with E-state index in [2.05, 4.69) is 0 Å². The van der Waals surface area contributed by atoms with Gasteiger partial charge in [-0.1, -0.05) is 11.6 Å². The summed E-state index contributed by atoms with van der Waals surface area (Å²) in [6, 6.07) is 12.0. The molecule has 0 unspecified atom stereocenters. The fourth-order valence-corrected chi connectivity index (χ4v) is 2.42. The minimum absolute atomic E-state index is 0.258.